The van der Waals surface area contributed by atoms with Crippen molar-refractivity contribution in [2.45, 2.75) is 64.3 Å². The predicted molar refractivity (Wildman–Crippen MR) is 338 cm³/mol. The number of hydrogen-bond acceptors (Lipinski definition) is 15. The zero-order valence-electron chi connectivity index (χ0n) is 44.1. The molecule has 0 amide bonds. The number of thiophene rings is 6. The van der Waals surface area contributed by atoms with Crippen molar-refractivity contribution >= 4 is 149 Å². The molecule has 2 aliphatic heterocycles. The van der Waals surface area contributed by atoms with Crippen molar-refractivity contribution in [3.05, 3.63) is 182 Å². The molecule has 406 valence electrons. The number of allylic oxidation sites excluding steroid dienone is 10. The van der Waals surface area contributed by atoms with Gasteiger partial charge in [0.1, 0.15) is 58.1 Å². The average Bonchev–Trinajstić information content (AvgIpc) is 4.29. The van der Waals surface area contributed by atoms with Crippen LogP contribution in [0.5, 0.6) is 11.5 Å². The van der Waals surface area contributed by atoms with Crippen LogP contribution in [0.25, 0.3) is 72.1 Å². The maximum absolute atomic E-state index is 13.7. The number of ketones is 2. The van der Waals surface area contributed by atoms with Crippen LogP contribution < -0.4 is 9.47 Å². The molecule has 1 N–H and O–H groups in total. The Morgan fingerprint density at radius 2 is 0.855 bits per heavy atom. The summed E-state index contributed by atoms with van der Waals surface area (Å²) in [5.74, 6) is 0.776. The quantitative estimate of drug-likeness (QED) is 0.126. The maximum Gasteiger partial charge on any atom is 0.194 e. The third-order valence-corrected chi connectivity index (χ3v) is 24.4. The number of nitriles is 4. The van der Waals surface area contributed by atoms with Gasteiger partial charge < -0.3 is 14.6 Å². The molecule has 0 bridgehead atoms. The van der Waals surface area contributed by atoms with E-state index < -0.39 is 22.7 Å². The summed E-state index contributed by atoms with van der Waals surface area (Å²) in [5.41, 5.74) is 3.98. The first-order chi connectivity index (χ1) is 39.5. The number of Topliss-reactive ketones (excluding diaryl/α,β-unsaturated/α-hetero) is 2. The molecule has 19 heteroatoms. The van der Waals surface area contributed by atoms with Gasteiger partial charge in [0.15, 0.2) is 11.6 Å². The van der Waals surface area contributed by atoms with Crippen LogP contribution in [0, 0.1) is 45.3 Å². The van der Waals surface area contributed by atoms with Gasteiger partial charge in [-0.25, -0.2) is 0 Å². The smallest absolute Gasteiger partial charge is 0.194 e. The Morgan fingerprint density at radius 3 is 1.27 bits per heavy atom. The molecule has 0 spiro atoms. The first-order valence-electron chi connectivity index (χ1n) is 25.4. The second kappa shape index (κ2) is 19.9. The fourth-order valence-electron chi connectivity index (χ4n) is 11.2. The number of carbonyl (C=O) groups excluding carboxylic acids is 2. The lowest BCUT2D eigenvalue weighted by Crippen LogP contribution is -2.29. The molecule has 5 aliphatic rings. The van der Waals surface area contributed by atoms with E-state index in [0.29, 0.717) is 11.1 Å². The minimum atomic E-state index is -0.761. The van der Waals surface area contributed by atoms with Gasteiger partial charge in [-0.15, -0.1) is 68.0 Å². The lowest BCUT2D eigenvalue weighted by Gasteiger charge is -2.35. The molecule has 0 unspecified atom stereocenters. The van der Waals surface area contributed by atoms with Crippen LogP contribution in [-0.2, 0) is 16.6 Å². The minimum Gasteiger partial charge on any atom is -0.482 e. The second-order valence-electron chi connectivity index (χ2n) is 21.6. The van der Waals surface area contributed by atoms with Gasteiger partial charge in [-0.1, -0.05) is 84.6 Å². The maximum atomic E-state index is 13.7. The lowest BCUT2D eigenvalue weighted by atomic mass is 9.73. The average molecular weight is 1280 g/mol. The van der Waals surface area contributed by atoms with Crippen molar-refractivity contribution in [3.63, 3.8) is 0 Å². The molecule has 0 saturated carbocycles. The number of hydrogen-bond donors (Lipinski definition) is 1. The van der Waals surface area contributed by atoms with Gasteiger partial charge in [0, 0.05) is 89.7 Å². The summed E-state index contributed by atoms with van der Waals surface area (Å²) in [7, 11) is 0. The molecule has 0 fully saturated rings. The van der Waals surface area contributed by atoms with E-state index in [9.17, 15) is 35.7 Å². The van der Waals surface area contributed by atoms with Crippen LogP contribution in [0.2, 0.25) is 20.1 Å². The van der Waals surface area contributed by atoms with E-state index in [1.54, 1.807) is 92.3 Å². The summed E-state index contributed by atoms with van der Waals surface area (Å²) in [5, 5.41) is 52.4. The third kappa shape index (κ3) is 8.67. The number of benzene rings is 2. The molecular weight excluding hydrogens is 1240 g/mol. The highest BCUT2D eigenvalue weighted by Gasteiger charge is 2.44. The van der Waals surface area contributed by atoms with Crippen LogP contribution >= 0.6 is 114 Å². The van der Waals surface area contributed by atoms with Gasteiger partial charge in [-0.2, -0.15) is 21.0 Å². The van der Waals surface area contributed by atoms with Crippen molar-refractivity contribution in [3.8, 4) is 84.5 Å². The Bertz CT molecular complexity index is 4690. The Kier molecular flexibility index (Phi) is 13.2. The van der Waals surface area contributed by atoms with Crippen molar-refractivity contribution in [1.29, 1.82) is 21.0 Å². The van der Waals surface area contributed by atoms with Gasteiger partial charge in [-0.05, 0) is 117 Å². The number of fused-ring (bicyclic) bond motifs is 11. The number of carbonyl (C=O) groups is 2. The second-order valence-corrected chi connectivity index (χ2v) is 29.6. The first-order valence-corrected chi connectivity index (χ1v) is 31.8. The summed E-state index contributed by atoms with van der Waals surface area (Å²) >= 11 is 35.2. The largest absolute Gasteiger partial charge is 0.482 e. The van der Waals surface area contributed by atoms with Gasteiger partial charge in [-0.3, -0.25) is 9.59 Å². The van der Waals surface area contributed by atoms with Crippen molar-refractivity contribution < 1.29 is 24.2 Å². The van der Waals surface area contributed by atoms with Gasteiger partial charge in [0.2, 0.25) is 0 Å². The molecule has 0 saturated heterocycles. The Hall–Kier alpha value is -6.90. The monoisotopic (exact) mass is 1270 g/mol. The van der Waals surface area contributed by atoms with Crippen molar-refractivity contribution in [2.24, 2.45) is 0 Å². The van der Waals surface area contributed by atoms with Gasteiger partial charge >= 0.3 is 0 Å². The topological polar surface area (TPSA) is 168 Å². The normalized spacial score (nSPS) is 18.1. The van der Waals surface area contributed by atoms with E-state index in [1.165, 1.54) is 24.3 Å². The number of aliphatic hydroxyl groups is 1. The standard InChI is InChI=1S/C64H36Cl4N4O5S6/c1-62(2)38-20-48(50-22-40-58(83-50)60-46(77-64(40,5)6)14-30(79-60)10-8-12-32-52(28(25-71)26-72)34-16-42(66)44(68)18-36(34)54(32)74)81-56(38)55-37(61(62)75)19-47(80-55)49-21-39-57(82-49)59-45(76-63(39,3)4)13-29(78-59)9-7-11-31-51(27(23-69)24-70)33-15-41(65)43(67)17-35(33)53(31)73/h7-22,61,75H,1-6H3/b9-7+,10-8+,31-11-,32-12-/t61-/m1/s1. The molecule has 8 heterocycles. The van der Waals surface area contributed by atoms with E-state index in [4.69, 9.17) is 55.9 Å². The Morgan fingerprint density at radius 1 is 0.494 bits per heavy atom. The lowest BCUT2D eigenvalue weighted by molar-refractivity contribution is 0.0994. The van der Waals surface area contributed by atoms with Crippen LogP contribution in [0.4, 0.5) is 0 Å². The Balaban J connectivity index is 0.800. The molecule has 9 nitrogen and oxygen atoms in total. The number of halogens is 4. The van der Waals surface area contributed by atoms with E-state index in [1.807, 2.05) is 48.6 Å². The van der Waals surface area contributed by atoms with Gasteiger partial charge in [0.25, 0.3) is 0 Å². The summed E-state index contributed by atoms with van der Waals surface area (Å²) < 4.78 is 13.4. The van der Waals surface area contributed by atoms with Crippen LogP contribution in [0.3, 0.4) is 0 Å². The molecule has 8 aromatic rings. The van der Waals surface area contributed by atoms with Crippen molar-refractivity contribution in [2.75, 3.05) is 0 Å². The fourth-order valence-corrected chi connectivity index (χ4v) is 19.6. The van der Waals surface area contributed by atoms with E-state index in [0.717, 1.165) is 92.3 Å². The highest BCUT2D eigenvalue weighted by molar-refractivity contribution is 7.31. The molecule has 13 rings (SSSR count). The predicted octanol–water partition coefficient (Wildman–Crippen LogP) is 19.9. The number of ether oxygens (including phenoxy) is 2. The minimum absolute atomic E-state index is 0.198. The molecular formula is C64H36Cl4N4O5S6. The third-order valence-electron chi connectivity index (χ3n) is 15.4. The molecule has 83 heavy (non-hydrogen) atoms. The number of rotatable bonds is 6. The first kappa shape index (κ1) is 55.3. The van der Waals surface area contributed by atoms with E-state index in [-0.39, 0.29) is 76.2 Å². The zero-order valence-corrected chi connectivity index (χ0v) is 52.1. The summed E-state index contributed by atoms with van der Waals surface area (Å²) in [4.78, 5) is 39.7. The number of nitrogens with zero attached hydrogens (tertiary/aromatic N) is 4. The number of aliphatic hydroxyl groups excluding tert-OH is 1. The van der Waals surface area contributed by atoms with Crippen LogP contribution in [0.15, 0.2) is 107 Å². The molecule has 3 aliphatic carbocycles. The van der Waals surface area contributed by atoms with Crippen molar-refractivity contribution in [1.82, 2.24) is 0 Å². The Labute approximate surface area is 520 Å². The SMILES string of the molecule is CC1(C)Oc2cc(/C=C/C=C3\C(=O)c4cc(Cl)c(Cl)cc4C3=C(C#N)C#N)sc2-c2sc(-c3cc4c(s3)-c3sc(-c5cc6c(s5)-c5sc(/C=C/C=C7\C(=O)c8cc(Cl)c(Cl)cc8C7=C(C#N)C#N)cc5OC6(C)C)cc3C(C)(C)[C@@H]4O)cc21. The molecule has 6 aromatic heterocycles. The molecule has 1 atom stereocenters. The summed E-state index contributed by atoms with van der Waals surface area (Å²) in [6.07, 6.45) is 9.70. The fraction of sp³-hybridized carbons (Fsp3) is 0.156. The van der Waals surface area contributed by atoms with E-state index >= 15 is 0 Å². The van der Waals surface area contributed by atoms with Gasteiger partial charge in [0.05, 0.1) is 50.6 Å². The van der Waals surface area contributed by atoms with Crippen LogP contribution in [0.1, 0.15) is 111 Å². The zero-order chi connectivity index (χ0) is 58.5. The molecule has 0 radical (unpaired) electrons. The summed E-state index contributed by atoms with van der Waals surface area (Å²) in [6, 6.07) is 26.5. The molecule has 2 aromatic carbocycles. The summed E-state index contributed by atoms with van der Waals surface area (Å²) in [6.45, 7) is 12.5. The highest BCUT2D eigenvalue weighted by atomic mass is 35.5. The van der Waals surface area contributed by atoms with Crippen LogP contribution in [-0.4, -0.2) is 16.7 Å². The van der Waals surface area contributed by atoms with E-state index in [2.05, 4.69) is 65.8 Å². The highest BCUT2D eigenvalue weighted by Crippen LogP contribution is 2.62.